The molecule has 3 aromatic rings. The standard InChI is InChI=1S/C19H20N4O4S2/c1-4-7-23-14-6-5-13(26-3)9-15(14)29-19(23)21-18(25)11-28-10-17(24)20-16-8-12(2)27-22-16/h4-6,8-9H,1,7,10-11H2,2-3H3,(H,20,22,24). The molecule has 1 aromatic carbocycles. The van der Waals surface area contributed by atoms with Crippen LogP contribution in [0.5, 0.6) is 5.75 Å². The van der Waals surface area contributed by atoms with Crippen molar-refractivity contribution in [2.24, 2.45) is 4.99 Å². The smallest absolute Gasteiger partial charge is 0.258 e. The number of fused-ring (bicyclic) bond motifs is 1. The second-order valence-corrected chi connectivity index (χ2v) is 7.98. The largest absolute Gasteiger partial charge is 0.497 e. The topological polar surface area (TPSA) is 98.7 Å². The van der Waals surface area contributed by atoms with Crippen LogP contribution in [0.15, 0.2) is 46.4 Å². The van der Waals surface area contributed by atoms with Crippen molar-refractivity contribution in [3.8, 4) is 5.75 Å². The van der Waals surface area contributed by atoms with Gasteiger partial charge in [0.05, 0.1) is 28.8 Å². The molecule has 0 fully saturated rings. The normalized spacial score (nSPS) is 11.6. The molecule has 152 valence electrons. The van der Waals surface area contributed by atoms with Crippen LogP contribution in [0.25, 0.3) is 10.2 Å². The van der Waals surface area contributed by atoms with Crippen molar-refractivity contribution in [1.29, 1.82) is 0 Å². The number of thiazole rings is 1. The number of carbonyl (C=O) groups is 2. The van der Waals surface area contributed by atoms with E-state index in [4.69, 9.17) is 9.26 Å². The molecule has 0 saturated heterocycles. The number of rotatable bonds is 8. The predicted molar refractivity (Wildman–Crippen MR) is 114 cm³/mol. The third-order valence-electron chi connectivity index (χ3n) is 3.78. The Hall–Kier alpha value is -2.85. The third kappa shape index (κ3) is 5.36. The average Bonchev–Trinajstić information content (AvgIpc) is 3.24. The first-order valence-electron chi connectivity index (χ1n) is 8.67. The summed E-state index contributed by atoms with van der Waals surface area (Å²) in [6.45, 7) is 6.04. The minimum absolute atomic E-state index is 0.0942. The van der Waals surface area contributed by atoms with Crippen LogP contribution in [0.4, 0.5) is 5.82 Å². The van der Waals surface area contributed by atoms with Gasteiger partial charge >= 0.3 is 0 Å². The first-order valence-corrected chi connectivity index (χ1v) is 10.6. The van der Waals surface area contributed by atoms with E-state index in [0.29, 0.717) is 22.9 Å². The zero-order valence-corrected chi connectivity index (χ0v) is 17.6. The molecule has 0 aliphatic rings. The number of nitrogens with one attached hydrogen (secondary N) is 1. The highest BCUT2D eigenvalue weighted by atomic mass is 32.2. The molecule has 0 saturated carbocycles. The first kappa shape index (κ1) is 20.9. The minimum atomic E-state index is -0.309. The Morgan fingerprint density at radius 1 is 1.41 bits per heavy atom. The number of carbonyl (C=O) groups excluding carboxylic acids is 2. The van der Waals surface area contributed by atoms with E-state index in [2.05, 4.69) is 22.0 Å². The molecule has 0 spiro atoms. The number of hydrogen-bond acceptors (Lipinski definition) is 7. The van der Waals surface area contributed by atoms with Crippen LogP contribution in [-0.2, 0) is 16.1 Å². The summed E-state index contributed by atoms with van der Waals surface area (Å²) < 4.78 is 13.0. The Morgan fingerprint density at radius 3 is 2.93 bits per heavy atom. The van der Waals surface area contributed by atoms with E-state index in [1.165, 1.54) is 23.1 Å². The maximum absolute atomic E-state index is 12.3. The van der Waals surface area contributed by atoms with E-state index in [0.717, 1.165) is 16.0 Å². The average molecular weight is 433 g/mol. The lowest BCUT2D eigenvalue weighted by molar-refractivity contribution is -0.115. The minimum Gasteiger partial charge on any atom is -0.497 e. The van der Waals surface area contributed by atoms with Gasteiger partial charge in [-0.25, -0.2) is 0 Å². The summed E-state index contributed by atoms with van der Waals surface area (Å²) in [6.07, 6.45) is 1.75. The number of anilines is 1. The zero-order valence-electron chi connectivity index (χ0n) is 16.0. The van der Waals surface area contributed by atoms with Crippen LogP contribution < -0.4 is 14.9 Å². The molecule has 3 rings (SSSR count). The molecular formula is C19H20N4O4S2. The number of aryl methyl sites for hydroxylation is 1. The Kier molecular flexibility index (Phi) is 6.89. The number of methoxy groups -OCH3 is 1. The van der Waals surface area contributed by atoms with Gasteiger partial charge in [-0.3, -0.25) is 9.59 Å². The fraction of sp³-hybridized carbons (Fsp3) is 0.263. The van der Waals surface area contributed by atoms with Gasteiger partial charge in [-0.05, 0) is 25.1 Å². The summed E-state index contributed by atoms with van der Waals surface area (Å²) in [6, 6.07) is 7.33. The quantitative estimate of drug-likeness (QED) is 0.550. The molecule has 0 aliphatic heterocycles. The van der Waals surface area contributed by atoms with Gasteiger partial charge in [0.25, 0.3) is 5.91 Å². The lowest BCUT2D eigenvalue weighted by Gasteiger charge is -2.02. The van der Waals surface area contributed by atoms with Crippen LogP contribution in [0.2, 0.25) is 0 Å². The van der Waals surface area contributed by atoms with Crippen molar-refractivity contribution in [2.75, 3.05) is 23.9 Å². The summed E-state index contributed by atoms with van der Waals surface area (Å²) in [7, 11) is 1.61. The lowest BCUT2D eigenvalue weighted by atomic mass is 10.3. The molecule has 0 bridgehead atoms. The Balaban J connectivity index is 1.66. The number of allylic oxidation sites excluding steroid dienone is 1. The molecule has 29 heavy (non-hydrogen) atoms. The fourth-order valence-corrected chi connectivity index (χ4v) is 4.23. The van der Waals surface area contributed by atoms with Crippen molar-refractivity contribution < 1.29 is 18.8 Å². The molecule has 2 aromatic heterocycles. The second-order valence-electron chi connectivity index (χ2n) is 5.99. The molecule has 0 radical (unpaired) electrons. The van der Waals surface area contributed by atoms with Crippen LogP contribution in [-0.4, -0.2) is 40.2 Å². The number of aromatic nitrogens is 2. The van der Waals surface area contributed by atoms with E-state index in [1.807, 2.05) is 22.8 Å². The number of nitrogens with zero attached hydrogens (tertiary/aromatic N) is 3. The molecule has 2 amide bonds. The summed E-state index contributed by atoms with van der Waals surface area (Å²) in [5.74, 6) is 1.35. The molecule has 0 atom stereocenters. The Morgan fingerprint density at radius 2 is 2.24 bits per heavy atom. The third-order valence-corrected chi connectivity index (χ3v) is 5.73. The summed E-state index contributed by atoms with van der Waals surface area (Å²) in [5, 5.41) is 6.30. The lowest BCUT2D eigenvalue weighted by Crippen LogP contribution is -2.18. The van der Waals surface area contributed by atoms with Gasteiger partial charge in [0.1, 0.15) is 11.5 Å². The molecule has 0 unspecified atom stereocenters. The van der Waals surface area contributed by atoms with Crippen molar-refractivity contribution in [3.05, 3.63) is 47.5 Å². The number of thioether (sulfide) groups is 1. The number of hydrogen-bond donors (Lipinski definition) is 1. The van der Waals surface area contributed by atoms with Crippen molar-refractivity contribution in [1.82, 2.24) is 9.72 Å². The molecular weight excluding hydrogens is 412 g/mol. The second kappa shape index (κ2) is 9.57. The maximum atomic E-state index is 12.3. The maximum Gasteiger partial charge on any atom is 0.258 e. The van der Waals surface area contributed by atoms with Crippen molar-refractivity contribution >= 4 is 50.9 Å². The van der Waals surface area contributed by atoms with Crippen molar-refractivity contribution in [2.45, 2.75) is 13.5 Å². The van der Waals surface area contributed by atoms with Gasteiger partial charge in [0.15, 0.2) is 10.6 Å². The van der Waals surface area contributed by atoms with E-state index in [-0.39, 0.29) is 23.3 Å². The van der Waals surface area contributed by atoms with E-state index < -0.39 is 0 Å². The Bertz CT molecular complexity index is 1110. The van der Waals surface area contributed by atoms with Gasteiger partial charge in [0, 0.05) is 12.6 Å². The first-order chi connectivity index (χ1) is 14.0. The predicted octanol–water partition coefficient (Wildman–Crippen LogP) is 2.99. The highest BCUT2D eigenvalue weighted by Gasteiger charge is 2.10. The highest BCUT2D eigenvalue weighted by Crippen LogP contribution is 2.23. The van der Waals surface area contributed by atoms with Gasteiger partial charge in [-0.1, -0.05) is 22.6 Å². The summed E-state index contributed by atoms with van der Waals surface area (Å²) in [4.78, 5) is 29.0. The van der Waals surface area contributed by atoms with Gasteiger partial charge in [-0.15, -0.1) is 18.3 Å². The van der Waals surface area contributed by atoms with Gasteiger partial charge < -0.3 is 19.1 Å². The van der Waals surface area contributed by atoms with E-state index >= 15 is 0 Å². The van der Waals surface area contributed by atoms with Gasteiger partial charge in [0.2, 0.25) is 5.91 Å². The SMILES string of the molecule is C=CCn1c(=NC(=O)CSCC(=O)Nc2cc(C)on2)sc2cc(OC)ccc21. The summed E-state index contributed by atoms with van der Waals surface area (Å²) in [5.41, 5.74) is 0.956. The van der Waals surface area contributed by atoms with Crippen LogP contribution in [0, 0.1) is 6.92 Å². The molecule has 10 heteroatoms. The number of amides is 2. The number of benzene rings is 1. The molecule has 0 aliphatic carbocycles. The molecule has 8 nitrogen and oxygen atoms in total. The van der Waals surface area contributed by atoms with E-state index in [1.54, 1.807) is 26.2 Å². The van der Waals surface area contributed by atoms with Crippen LogP contribution in [0.3, 0.4) is 0 Å². The monoisotopic (exact) mass is 432 g/mol. The fourth-order valence-electron chi connectivity index (χ4n) is 2.55. The highest BCUT2D eigenvalue weighted by molar-refractivity contribution is 8.00. The van der Waals surface area contributed by atoms with Gasteiger partial charge in [-0.2, -0.15) is 4.99 Å². The molecule has 2 heterocycles. The molecule has 1 N–H and O–H groups in total. The van der Waals surface area contributed by atoms with Crippen LogP contribution >= 0.6 is 23.1 Å². The zero-order chi connectivity index (χ0) is 20.8. The van der Waals surface area contributed by atoms with Crippen molar-refractivity contribution in [3.63, 3.8) is 0 Å². The van der Waals surface area contributed by atoms with E-state index in [9.17, 15) is 9.59 Å². The van der Waals surface area contributed by atoms with Crippen LogP contribution in [0.1, 0.15) is 5.76 Å². The number of ether oxygens (including phenoxy) is 1. The Labute approximate surface area is 175 Å². The summed E-state index contributed by atoms with van der Waals surface area (Å²) >= 11 is 2.59.